The summed E-state index contributed by atoms with van der Waals surface area (Å²) in [6.07, 6.45) is 2.67. The summed E-state index contributed by atoms with van der Waals surface area (Å²) in [6, 6.07) is 8.32. The fourth-order valence-corrected chi connectivity index (χ4v) is 2.97. The van der Waals surface area contributed by atoms with Crippen LogP contribution >= 0.6 is 0 Å². The van der Waals surface area contributed by atoms with Crippen molar-refractivity contribution in [1.82, 2.24) is 19.9 Å². The molecule has 0 aliphatic carbocycles. The SMILES string of the molecule is Cc1cccc(CCN2CCN(c3cc(N(C)C)ncn3)CC2)n1. The summed E-state index contributed by atoms with van der Waals surface area (Å²) < 4.78 is 0. The quantitative estimate of drug-likeness (QED) is 0.832. The molecule has 0 radical (unpaired) electrons. The lowest BCUT2D eigenvalue weighted by molar-refractivity contribution is 0.259. The van der Waals surface area contributed by atoms with Gasteiger partial charge in [-0.25, -0.2) is 9.97 Å². The Hall–Kier alpha value is -2.21. The van der Waals surface area contributed by atoms with Crippen LogP contribution in [0.25, 0.3) is 0 Å². The van der Waals surface area contributed by atoms with E-state index in [0.717, 1.165) is 56.5 Å². The van der Waals surface area contributed by atoms with Gasteiger partial charge in [0, 0.05) is 70.7 Å². The highest BCUT2D eigenvalue weighted by Crippen LogP contribution is 2.17. The zero-order chi connectivity index (χ0) is 16.9. The Balaban J connectivity index is 1.51. The van der Waals surface area contributed by atoms with Crippen LogP contribution in [0.2, 0.25) is 0 Å². The summed E-state index contributed by atoms with van der Waals surface area (Å²) in [5, 5.41) is 0. The molecule has 6 nitrogen and oxygen atoms in total. The van der Waals surface area contributed by atoms with Crippen molar-refractivity contribution in [3.63, 3.8) is 0 Å². The Kier molecular flexibility index (Phi) is 5.25. The monoisotopic (exact) mass is 326 g/mol. The second kappa shape index (κ2) is 7.57. The van der Waals surface area contributed by atoms with Gasteiger partial charge in [0.1, 0.15) is 18.0 Å². The predicted octanol–water partition coefficient (Wildman–Crippen LogP) is 1.61. The number of nitrogens with zero attached hydrogens (tertiary/aromatic N) is 6. The van der Waals surface area contributed by atoms with Crippen LogP contribution in [0.15, 0.2) is 30.6 Å². The van der Waals surface area contributed by atoms with Crippen molar-refractivity contribution in [2.45, 2.75) is 13.3 Å². The van der Waals surface area contributed by atoms with Crippen molar-refractivity contribution < 1.29 is 0 Å². The summed E-state index contributed by atoms with van der Waals surface area (Å²) in [5.74, 6) is 1.97. The van der Waals surface area contributed by atoms with Gasteiger partial charge in [-0.1, -0.05) is 6.07 Å². The topological polar surface area (TPSA) is 48.4 Å². The van der Waals surface area contributed by atoms with Gasteiger partial charge in [0.25, 0.3) is 0 Å². The molecule has 0 N–H and O–H groups in total. The molecule has 0 unspecified atom stereocenters. The van der Waals surface area contributed by atoms with Crippen molar-refractivity contribution in [1.29, 1.82) is 0 Å². The molecule has 24 heavy (non-hydrogen) atoms. The number of rotatable bonds is 5. The number of hydrogen-bond acceptors (Lipinski definition) is 6. The van der Waals surface area contributed by atoms with E-state index in [4.69, 9.17) is 0 Å². The molecule has 1 aliphatic rings. The van der Waals surface area contributed by atoms with Gasteiger partial charge in [-0.2, -0.15) is 0 Å². The van der Waals surface area contributed by atoms with Crippen LogP contribution in [0.5, 0.6) is 0 Å². The summed E-state index contributed by atoms with van der Waals surface area (Å²) in [6.45, 7) is 7.25. The first-order valence-corrected chi connectivity index (χ1v) is 8.51. The van der Waals surface area contributed by atoms with Gasteiger partial charge in [-0.3, -0.25) is 9.88 Å². The van der Waals surface area contributed by atoms with Gasteiger partial charge in [0.2, 0.25) is 0 Å². The average Bonchev–Trinajstić information content (AvgIpc) is 2.60. The Bertz CT molecular complexity index is 664. The van der Waals surface area contributed by atoms with E-state index in [-0.39, 0.29) is 0 Å². The highest BCUT2D eigenvalue weighted by Gasteiger charge is 2.18. The molecule has 3 rings (SSSR count). The zero-order valence-corrected chi connectivity index (χ0v) is 14.8. The first-order chi connectivity index (χ1) is 11.6. The minimum Gasteiger partial charge on any atom is -0.363 e. The van der Waals surface area contributed by atoms with E-state index in [0.29, 0.717) is 0 Å². The van der Waals surface area contributed by atoms with Gasteiger partial charge in [0.15, 0.2) is 0 Å². The number of piperazine rings is 1. The van der Waals surface area contributed by atoms with Gasteiger partial charge < -0.3 is 9.80 Å². The van der Waals surface area contributed by atoms with Crippen LogP contribution in [0.3, 0.4) is 0 Å². The van der Waals surface area contributed by atoms with Crippen LogP contribution in [0.1, 0.15) is 11.4 Å². The maximum atomic E-state index is 4.59. The van der Waals surface area contributed by atoms with Crippen LogP contribution in [-0.2, 0) is 6.42 Å². The second-order valence-electron chi connectivity index (χ2n) is 6.48. The Morgan fingerprint density at radius 3 is 2.58 bits per heavy atom. The third-order valence-electron chi connectivity index (χ3n) is 4.42. The van der Waals surface area contributed by atoms with Crippen molar-refractivity contribution in [2.24, 2.45) is 0 Å². The van der Waals surface area contributed by atoms with E-state index in [1.165, 1.54) is 5.69 Å². The molecule has 6 heteroatoms. The zero-order valence-electron chi connectivity index (χ0n) is 14.8. The van der Waals surface area contributed by atoms with Crippen molar-refractivity contribution in [3.05, 3.63) is 42.0 Å². The summed E-state index contributed by atoms with van der Waals surface area (Å²) >= 11 is 0. The van der Waals surface area contributed by atoms with E-state index in [1.54, 1.807) is 6.33 Å². The first kappa shape index (κ1) is 16.6. The molecule has 0 spiro atoms. The molecule has 1 saturated heterocycles. The molecule has 0 atom stereocenters. The Morgan fingerprint density at radius 2 is 1.88 bits per heavy atom. The summed E-state index contributed by atoms with van der Waals surface area (Å²) in [7, 11) is 4.01. The smallest absolute Gasteiger partial charge is 0.134 e. The molecule has 0 aromatic carbocycles. The first-order valence-electron chi connectivity index (χ1n) is 8.51. The maximum Gasteiger partial charge on any atom is 0.134 e. The van der Waals surface area contributed by atoms with Crippen molar-refractivity contribution in [2.75, 3.05) is 56.6 Å². The number of anilines is 2. The van der Waals surface area contributed by atoms with E-state index >= 15 is 0 Å². The number of aryl methyl sites for hydroxylation is 1. The molecule has 1 aliphatic heterocycles. The Labute approximate surface area is 144 Å². The molecule has 2 aromatic heterocycles. The fourth-order valence-electron chi connectivity index (χ4n) is 2.97. The van der Waals surface area contributed by atoms with Crippen LogP contribution in [0.4, 0.5) is 11.6 Å². The van der Waals surface area contributed by atoms with Gasteiger partial charge >= 0.3 is 0 Å². The van der Waals surface area contributed by atoms with E-state index in [2.05, 4.69) is 43.0 Å². The summed E-state index contributed by atoms with van der Waals surface area (Å²) in [5.41, 5.74) is 2.28. The molecule has 1 fully saturated rings. The number of hydrogen-bond donors (Lipinski definition) is 0. The minimum atomic E-state index is 0.952. The lowest BCUT2D eigenvalue weighted by Crippen LogP contribution is -2.47. The fraction of sp³-hybridized carbons (Fsp3) is 0.500. The van der Waals surface area contributed by atoms with Crippen molar-refractivity contribution in [3.8, 4) is 0 Å². The molecule has 0 saturated carbocycles. The largest absolute Gasteiger partial charge is 0.363 e. The van der Waals surface area contributed by atoms with Crippen LogP contribution in [0, 0.1) is 6.92 Å². The minimum absolute atomic E-state index is 0.952. The van der Waals surface area contributed by atoms with Crippen LogP contribution in [-0.4, -0.2) is 66.7 Å². The lowest BCUT2D eigenvalue weighted by atomic mass is 10.2. The standard InChI is InChI=1S/C18H26N6/c1-15-5-4-6-16(21-15)7-8-23-9-11-24(12-10-23)18-13-17(22(2)3)19-14-20-18/h4-6,13-14H,7-12H2,1-3H3. The molecular formula is C18H26N6. The third-order valence-corrected chi connectivity index (χ3v) is 4.42. The lowest BCUT2D eigenvalue weighted by Gasteiger charge is -2.35. The van der Waals surface area contributed by atoms with Gasteiger partial charge in [-0.05, 0) is 19.1 Å². The third kappa shape index (κ3) is 4.20. The number of pyridine rings is 1. The van der Waals surface area contributed by atoms with Gasteiger partial charge in [-0.15, -0.1) is 0 Å². The molecule has 128 valence electrons. The Morgan fingerprint density at radius 1 is 1.08 bits per heavy atom. The summed E-state index contributed by atoms with van der Waals surface area (Å²) in [4.78, 5) is 20.2. The maximum absolute atomic E-state index is 4.59. The second-order valence-corrected chi connectivity index (χ2v) is 6.48. The molecule has 3 heterocycles. The molecule has 0 amide bonds. The van der Waals surface area contributed by atoms with Gasteiger partial charge in [0.05, 0.1) is 0 Å². The van der Waals surface area contributed by atoms with E-state index in [1.807, 2.05) is 32.0 Å². The highest BCUT2D eigenvalue weighted by atomic mass is 15.3. The van der Waals surface area contributed by atoms with Crippen LogP contribution < -0.4 is 9.80 Å². The molecular weight excluding hydrogens is 300 g/mol. The highest BCUT2D eigenvalue weighted by molar-refractivity contribution is 5.49. The predicted molar refractivity (Wildman–Crippen MR) is 97.7 cm³/mol. The molecule has 2 aromatic rings. The van der Waals surface area contributed by atoms with Crippen molar-refractivity contribution >= 4 is 11.6 Å². The average molecular weight is 326 g/mol. The number of aromatic nitrogens is 3. The normalized spacial score (nSPS) is 15.5. The van der Waals surface area contributed by atoms with E-state index < -0.39 is 0 Å². The van der Waals surface area contributed by atoms with E-state index in [9.17, 15) is 0 Å². The molecule has 0 bridgehead atoms.